The second kappa shape index (κ2) is 4.79. The molecule has 0 aromatic carbocycles. The van der Waals surface area contributed by atoms with Gasteiger partial charge < -0.3 is 5.32 Å². The Morgan fingerprint density at radius 2 is 2.25 bits per heavy atom. The summed E-state index contributed by atoms with van der Waals surface area (Å²) < 4.78 is 0. The van der Waals surface area contributed by atoms with Gasteiger partial charge in [-0.2, -0.15) is 0 Å². The van der Waals surface area contributed by atoms with Crippen molar-refractivity contribution in [2.45, 2.75) is 26.2 Å². The van der Waals surface area contributed by atoms with Crippen molar-refractivity contribution in [2.75, 3.05) is 11.9 Å². The number of hydrogen-bond donors (Lipinski definition) is 1. The third kappa shape index (κ3) is 1.83. The van der Waals surface area contributed by atoms with Gasteiger partial charge in [-0.3, -0.25) is 4.98 Å². The van der Waals surface area contributed by atoms with Crippen LogP contribution in [0.15, 0.2) is 11.7 Å². The lowest BCUT2D eigenvalue weighted by Crippen LogP contribution is -2.02. The molecule has 1 aliphatic rings. The van der Waals surface area contributed by atoms with Gasteiger partial charge >= 0.3 is 0 Å². The molecule has 0 aliphatic heterocycles. The standard InChI is InChI=1S/C14H14N4S2/c1-2-16-13-11-8-4-3-5-9(8)20-14(11)18-12(17-13)10-6-15-7-19-10/h6-7H,2-5H2,1H3,(H,16,17,18). The van der Waals surface area contributed by atoms with Crippen LogP contribution in [-0.4, -0.2) is 21.5 Å². The van der Waals surface area contributed by atoms with E-state index in [9.17, 15) is 0 Å². The zero-order valence-corrected chi connectivity index (χ0v) is 12.8. The first-order valence-electron chi connectivity index (χ1n) is 6.82. The molecule has 3 aromatic rings. The maximum atomic E-state index is 4.76. The van der Waals surface area contributed by atoms with Gasteiger partial charge in [0.05, 0.1) is 15.8 Å². The lowest BCUT2D eigenvalue weighted by Gasteiger charge is -2.07. The Morgan fingerprint density at radius 3 is 3.05 bits per heavy atom. The molecule has 0 unspecified atom stereocenters. The van der Waals surface area contributed by atoms with Crippen LogP contribution in [0.1, 0.15) is 23.8 Å². The van der Waals surface area contributed by atoms with Gasteiger partial charge in [0.1, 0.15) is 10.6 Å². The number of aromatic nitrogens is 3. The van der Waals surface area contributed by atoms with Crippen LogP contribution in [0.5, 0.6) is 0 Å². The number of aryl methyl sites for hydroxylation is 2. The summed E-state index contributed by atoms with van der Waals surface area (Å²) in [4.78, 5) is 17.3. The molecule has 0 amide bonds. The van der Waals surface area contributed by atoms with E-state index in [4.69, 9.17) is 9.97 Å². The van der Waals surface area contributed by atoms with Crippen molar-refractivity contribution >= 4 is 38.7 Å². The predicted octanol–water partition coefficient (Wildman–Crippen LogP) is 3.74. The highest BCUT2D eigenvalue weighted by Crippen LogP contribution is 2.40. The van der Waals surface area contributed by atoms with E-state index in [1.807, 2.05) is 23.0 Å². The van der Waals surface area contributed by atoms with Gasteiger partial charge in [0.25, 0.3) is 0 Å². The molecule has 0 spiro atoms. The molecular formula is C14H14N4S2. The maximum absolute atomic E-state index is 4.76. The molecule has 0 saturated heterocycles. The summed E-state index contributed by atoms with van der Waals surface area (Å²) in [6.07, 6.45) is 5.46. The Hall–Kier alpha value is -1.53. The number of nitrogens with zero attached hydrogens (tertiary/aromatic N) is 3. The van der Waals surface area contributed by atoms with Crippen LogP contribution in [0.4, 0.5) is 5.82 Å². The Labute approximate surface area is 124 Å². The van der Waals surface area contributed by atoms with E-state index < -0.39 is 0 Å². The molecule has 4 nitrogen and oxygen atoms in total. The third-order valence-corrected chi connectivity index (χ3v) is 5.52. The van der Waals surface area contributed by atoms with E-state index in [-0.39, 0.29) is 0 Å². The minimum atomic E-state index is 0.788. The van der Waals surface area contributed by atoms with Gasteiger partial charge in [0.15, 0.2) is 5.82 Å². The fourth-order valence-corrected chi connectivity index (χ4v) is 4.54. The number of fused-ring (bicyclic) bond motifs is 3. The molecule has 0 radical (unpaired) electrons. The lowest BCUT2D eigenvalue weighted by molar-refractivity contribution is 0.917. The molecule has 0 atom stereocenters. The Morgan fingerprint density at radius 1 is 1.30 bits per heavy atom. The third-order valence-electron chi connectivity index (χ3n) is 3.56. The largest absolute Gasteiger partial charge is 0.370 e. The van der Waals surface area contributed by atoms with E-state index in [1.54, 1.807) is 11.3 Å². The van der Waals surface area contributed by atoms with Crippen LogP contribution in [0.3, 0.4) is 0 Å². The van der Waals surface area contributed by atoms with Crippen LogP contribution in [0, 0.1) is 0 Å². The van der Waals surface area contributed by atoms with Crippen LogP contribution < -0.4 is 5.32 Å². The molecule has 6 heteroatoms. The van der Waals surface area contributed by atoms with Crippen molar-refractivity contribution in [3.63, 3.8) is 0 Å². The average molecular weight is 302 g/mol. The highest BCUT2D eigenvalue weighted by molar-refractivity contribution is 7.19. The molecule has 0 fully saturated rings. The first-order valence-corrected chi connectivity index (χ1v) is 8.51. The number of thiazole rings is 1. The van der Waals surface area contributed by atoms with Crippen molar-refractivity contribution in [1.82, 2.24) is 15.0 Å². The van der Waals surface area contributed by atoms with Crippen LogP contribution in [-0.2, 0) is 12.8 Å². The topological polar surface area (TPSA) is 50.7 Å². The molecular weight excluding hydrogens is 288 g/mol. The predicted molar refractivity (Wildman–Crippen MR) is 84.7 cm³/mol. The molecule has 3 aromatic heterocycles. The normalized spacial score (nSPS) is 13.8. The summed E-state index contributed by atoms with van der Waals surface area (Å²) >= 11 is 3.41. The molecule has 0 saturated carbocycles. The van der Waals surface area contributed by atoms with E-state index in [2.05, 4.69) is 17.2 Å². The highest BCUT2D eigenvalue weighted by Gasteiger charge is 2.22. The van der Waals surface area contributed by atoms with E-state index in [1.165, 1.54) is 28.7 Å². The van der Waals surface area contributed by atoms with E-state index in [0.29, 0.717) is 0 Å². The highest BCUT2D eigenvalue weighted by atomic mass is 32.1. The summed E-state index contributed by atoms with van der Waals surface area (Å²) in [5.74, 6) is 1.77. The summed E-state index contributed by atoms with van der Waals surface area (Å²) in [5, 5.41) is 4.66. The first kappa shape index (κ1) is 12.2. The summed E-state index contributed by atoms with van der Waals surface area (Å²) in [7, 11) is 0. The summed E-state index contributed by atoms with van der Waals surface area (Å²) in [6.45, 7) is 2.98. The second-order valence-corrected chi connectivity index (χ2v) is 6.80. The van der Waals surface area contributed by atoms with Crippen molar-refractivity contribution in [3.8, 4) is 10.7 Å². The quantitative estimate of drug-likeness (QED) is 0.801. The summed E-state index contributed by atoms with van der Waals surface area (Å²) in [5.41, 5.74) is 3.29. The van der Waals surface area contributed by atoms with Gasteiger partial charge in [-0.1, -0.05) is 0 Å². The van der Waals surface area contributed by atoms with Gasteiger partial charge in [0, 0.05) is 17.6 Å². The van der Waals surface area contributed by atoms with Crippen molar-refractivity contribution in [3.05, 3.63) is 22.1 Å². The molecule has 4 rings (SSSR count). The molecule has 1 N–H and O–H groups in total. The minimum Gasteiger partial charge on any atom is -0.370 e. The fourth-order valence-electron chi connectivity index (χ4n) is 2.73. The minimum absolute atomic E-state index is 0.788. The average Bonchev–Trinajstić information content (AvgIpc) is 3.15. The smallest absolute Gasteiger partial charge is 0.174 e. The zero-order valence-electron chi connectivity index (χ0n) is 11.1. The molecule has 3 heterocycles. The SMILES string of the molecule is CCNc1nc(-c2cncs2)nc2sc3c(c12)CCC3. The van der Waals surface area contributed by atoms with Gasteiger partial charge in [0.2, 0.25) is 0 Å². The number of hydrogen-bond acceptors (Lipinski definition) is 6. The monoisotopic (exact) mass is 302 g/mol. The molecule has 1 aliphatic carbocycles. The number of rotatable bonds is 3. The van der Waals surface area contributed by atoms with Gasteiger partial charge in [-0.25, -0.2) is 9.97 Å². The van der Waals surface area contributed by atoms with Crippen molar-refractivity contribution < 1.29 is 0 Å². The van der Waals surface area contributed by atoms with Crippen molar-refractivity contribution in [2.24, 2.45) is 0 Å². The van der Waals surface area contributed by atoms with Gasteiger partial charge in [-0.05, 0) is 31.7 Å². The van der Waals surface area contributed by atoms with Crippen LogP contribution in [0.25, 0.3) is 20.9 Å². The second-order valence-electron chi connectivity index (χ2n) is 4.83. The first-order chi connectivity index (χ1) is 9.86. The lowest BCUT2D eigenvalue weighted by atomic mass is 10.2. The maximum Gasteiger partial charge on any atom is 0.174 e. The molecule has 20 heavy (non-hydrogen) atoms. The Bertz CT molecular complexity index is 761. The van der Waals surface area contributed by atoms with E-state index >= 15 is 0 Å². The molecule has 0 bridgehead atoms. The van der Waals surface area contributed by atoms with E-state index in [0.717, 1.165) is 34.3 Å². The Kier molecular flexibility index (Phi) is 2.93. The number of anilines is 1. The summed E-state index contributed by atoms with van der Waals surface area (Å²) in [6, 6.07) is 0. The van der Waals surface area contributed by atoms with Crippen molar-refractivity contribution in [1.29, 1.82) is 0 Å². The zero-order chi connectivity index (χ0) is 13.5. The molecule has 102 valence electrons. The van der Waals surface area contributed by atoms with Crippen LogP contribution >= 0.6 is 22.7 Å². The van der Waals surface area contributed by atoms with Crippen LogP contribution in [0.2, 0.25) is 0 Å². The number of nitrogens with one attached hydrogen (secondary N) is 1. The Balaban J connectivity index is 1.97. The fraction of sp³-hybridized carbons (Fsp3) is 0.357. The number of thiophene rings is 1. The van der Waals surface area contributed by atoms with Gasteiger partial charge in [-0.15, -0.1) is 22.7 Å².